The van der Waals surface area contributed by atoms with Gasteiger partial charge in [0.15, 0.2) is 0 Å². The van der Waals surface area contributed by atoms with Crippen LogP contribution in [0.1, 0.15) is 177 Å². The monoisotopic (exact) mass is 841 g/mol. The highest BCUT2D eigenvalue weighted by molar-refractivity contribution is 5.78. The van der Waals surface area contributed by atoms with E-state index in [-0.39, 0.29) is 26.3 Å². The van der Waals surface area contributed by atoms with Crippen LogP contribution in [0.5, 0.6) is 0 Å². The topological polar surface area (TPSA) is 118 Å². The van der Waals surface area contributed by atoms with Crippen molar-refractivity contribution in [2.45, 2.75) is 177 Å². The minimum absolute atomic E-state index is 0.132. The number of hydrogen-bond donors (Lipinski definition) is 0. The molecule has 12 heteroatoms. The molecule has 0 saturated heterocycles. The molecule has 0 bridgehead atoms. The van der Waals surface area contributed by atoms with Crippen LogP contribution in [0.2, 0.25) is 0 Å². The molecule has 0 atom stereocenters. The van der Waals surface area contributed by atoms with Crippen molar-refractivity contribution in [1.29, 1.82) is 0 Å². The maximum Gasteiger partial charge on any atom is 0.410 e. The summed E-state index contributed by atoms with van der Waals surface area (Å²) in [5.74, 6) is -0.0919. The van der Waals surface area contributed by atoms with E-state index in [2.05, 4.69) is 51.3 Å². The summed E-state index contributed by atoms with van der Waals surface area (Å²) in [6.45, 7) is 23.1. The standard InChI is InChI=1S/C47H92N4O8/c1-9-17-21-26-42(27-22-18-10-2)40-58-44(52)38-50(30-13-5)46(54)56-36-34-49(33-25-32-48(15-7)16-8)35-37-57-47(55)51(31-14-6)39-45(53)59-41-43(28-23-19-11-3)29-24-20-12-4/h42-43H,9-41H2,1-8H3. The second-order valence-electron chi connectivity index (χ2n) is 16.4. The summed E-state index contributed by atoms with van der Waals surface area (Å²) in [6, 6.07) is 0. The molecule has 0 heterocycles. The number of amides is 2. The van der Waals surface area contributed by atoms with Crippen LogP contribution in [-0.4, -0.2) is 136 Å². The van der Waals surface area contributed by atoms with E-state index in [1.165, 1.54) is 35.5 Å². The molecule has 0 fully saturated rings. The first-order valence-corrected chi connectivity index (χ1v) is 24.2. The third kappa shape index (κ3) is 31.0. The molecule has 0 N–H and O–H groups in total. The average Bonchev–Trinajstić information content (AvgIpc) is 3.22. The molecule has 0 unspecified atom stereocenters. The number of esters is 2. The van der Waals surface area contributed by atoms with Gasteiger partial charge < -0.3 is 23.8 Å². The summed E-state index contributed by atoms with van der Waals surface area (Å²) in [7, 11) is 0. The van der Waals surface area contributed by atoms with Gasteiger partial charge in [0.05, 0.1) is 13.2 Å². The van der Waals surface area contributed by atoms with Crippen molar-refractivity contribution in [2.24, 2.45) is 11.8 Å². The average molecular weight is 841 g/mol. The fourth-order valence-electron chi connectivity index (χ4n) is 7.29. The largest absolute Gasteiger partial charge is 0.464 e. The summed E-state index contributed by atoms with van der Waals surface area (Å²) in [5.41, 5.74) is 0. The van der Waals surface area contributed by atoms with Gasteiger partial charge in [-0.3, -0.25) is 24.3 Å². The van der Waals surface area contributed by atoms with E-state index in [9.17, 15) is 19.2 Å². The van der Waals surface area contributed by atoms with Gasteiger partial charge >= 0.3 is 24.1 Å². The molecule has 2 amide bonds. The van der Waals surface area contributed by atoms with Crippen molar-refractivity contribution in [1.82, 2.24) is 19.6 Å². The zero-order valence-electron chi connectivity index (χ0n) is 39.5. The summed E-state index contributed by atoms with van der Waals surface area (Å²) in [4.78, 5) is 59.6. The van der Waals surface area contributed by atoms with Gasteiger partial charge in [0.1, 0.15) is 26.3 Å². The Bertz CT molecular complexity index is 940. The van der Waals surface area contributed by atoms with E-state index < -0.39 is 24.1 Å². The third-order valence-electron chi connectivity index (χ3n) is 11.1. The Morgan fingerprint density at radius 3 is 1.07 bits per heavy atom. The molecular formula is C47H92N4O8. The molecule has 348 valence electrons. The number of nitrogens with zero attached hydrogens (tertiary/aromatic N) is 4. The molecule has 0 aliphatic rings. The zero-order valence-corrected chi connectivity index (χ0v) is 39.5. The Morgan fingerprint density at radius 2 is 0.746 bits per heavy atom. The van der Waals surface area contributed by atoms with Gasteiger partial charge in [0.2, 0.25) is 0 Å². The Balaban J connectivity index is 5.27. The van der Waals surface area contributed by atoms with Crippen LogP contribution in [-0.2, 0) is 28.5 Å². The van der Waals surface area contributed by atoms with Gasteiger partial charge in [-0.15, -0.1) is 0 Å². The smallest absolute Gasteiger partial charge is 0.410 e. The molecular weight excluding hydrogens is 749 g/mol. The first kappa shape index (κ1) is 56.4. The maximum atomic E-state index is 13.2. The SMILES string of the molecule is CCCCCC(CCCCC)COC(=O)CN(CCC)C(=O)OCCN(CCCN(CC)CC)CCOC(=O)N(CCC)CC(=O)OCC(CCCCC)CCCCC. The van der Waals surface area contributed by atoms with Gasteiger partial charge in [-0.2, -0.15) is 0 Å². The third-order valence-corrected chi connectivity index (χ3v) is 11.1. The number of ether oxygens (including phenoxy) is 4. The van der Waals surface area contributed by atoms with Gasteiger partial charge in [0.25, 0.3) is 0 Å². The summed E-state index contributed by atoms with van der Waals surface area (Å²) in [5, 5.41) is 0. The number of unbranched alkanes of at least 4 members (excludes halogenated alkanes) is 8. The number of carbonyl (C=O) groups excluding carboxylic acids is 4. The summed E-state index contributed by atoms with van der Waals surface area (Å²) in [6.07, 6.45) is 19.4. The fraction of sp³-hybridized carbons (Fsp3) is 0.915. The van der Waals surface area contributed by atoms with Crippen molar-refractivity contribution in [3.05, 3.63) is 0 Å². The molecule has 0 rings (SSSR count). The second kappa shape index (κ2) is 39.5. The van der Waals surface area contributed by atoms with Crippen molar-refractivity contribution in [3.63, 3.8) is 0 Å². The highest BCUT2D eigenvalue weighted by atomic mass is 16.6. The van der Waals surface area contributed by atoms with Gasteiger partial charge in [-0.05, 0) is 83.0 Å². The normalized spacial score (nSPS) is 11.5. The number of rotatable bonds is 40. The molecule has 0 saturated carbocycles. The van der Waals surface area contributed by atoms with E-state index in [1.54, 1.807) is 0 Å². The van der Waals surface area contributed by atoms with E-state index >= 15 is 0 Å². The highest BCUT2D eigenvalue weighted by Gasteiger charge is 2.23. The quantitative estimate of drug-likeness (QED) is 0.0335. The van der Waals surface area contributed by atoms with Crippen LogP contribution >= 0.6 is 0 Å². The summed E-state index contributed by atoms with van der Waals surface area (Å²) >= 11 is 0. The predicted octanol–water partition coefficient (Wildman–Crippen LogP) is 10.4. The van der Waals surface area contributed by atoms with Crippen LogP contribution in [0.25, 0.3) is 0 Å². The van der Waals surface area contributed by atoms with Crippen LogP contribution in [0, 0.1) is 11.8 Å². The number of carbonyl (C=O) groups is 4. The van der Waals surface area contributed by atoms with E-state index in [1.807, 2.05) is 13.8 Å². The minimum Gasteiger partial charge on any atom is -0.464 e. The minimum atomic E-state index is -0.531. The van der Waals surface area contributed by atoms with Crippen molar-refractivity contribution >= 4 is 24.1 Å². The molecule has 0 aromatic rings. The van der Waals surface area contributed by atoms with Crippen LogP contribution in [0.4, 0.5) is 9.59 Å². The lowest BCUT2D eigenvalue weighted by Crippen LogP contribution is -2.41. The van der Waals surface area contributed by atoms with Crippen molar-refractivity contribution in [2.75, 3.05) is 91.9 Å². The molecule has 0 aromatic carbocycles. The van der Waals surface area contributed by atoms with Gasteiger partial charge in [-0.1, -0.05) is 132 Å². The molecule has 0 aliphatic heterocycles. The van der Waals surface area contributed by atoms with Gasteiger partial charge in [-0.25, -0.2) is 9.59 Å². The van der Waals surface area contributed by atoms with Crippen LogP contribution < -0.4 is 0 Å². The fourth-order valence-corrected chi connectivity index (χ4v) is 7.29. The van der Waals surface area contributed by atoms with Crippen molar-refractivity contribution in [3.8, 4) is 0 Å². The predicted molar refractivity (Wildman–Crippen MR) is 241 cm³/mol. The highest BCUT2D eigenvalue weighted by Crippen LogP contribution is 2.20. The number of hydrogen-bond acceptors (Lipinski definition) is 10. The maximum absolute atomic E-state index is 13.2. The molecule has 0 aromatic heterocycles. The van der Waals surface area contributed by atoms with Crippen LogP contribution in [0.3, 0.4) is 0 Å². The first-order chi connectivity index (χ1) is 28.6. The Morgan fingerprint density at radius 1 is 0.390 bits per heavy atom. The second-order valence-corrected chi connectivity index (χ2v) is 16.4. The summed E-state index contributed by atoms with van der Waals surface area (Å²) < 4.78 is 22.9. The van der Waals surface area contributed by atoms with E-state index in [4.69, 9.17) is 18.9 Å². The lowest BCUT2D eigenvalue weighted by Gasteiger charge is -2.26. The van der Waals surface area contributed by atoms with Crippen LogP contribution in [0.15, 0.2) is 0 Å². The molecule has 0 radical (unpaired) electrons. The lowest BCUT2D eigenvalue weighted by atomic mass is 9.96. The van der Waals surface area contributed by atoms with E-state index in [0.717, 1.165) is 110 Å². The zero-order chi connectivity index (χ0) is 43.9. The molecule has 0 aliphatic carbocycles. The Labute approximate surface area is 362 Å². The molecule has 59 heavy (non-hydrogen) atoms. The first-order valence-electron chi connectivity index (χ1n) is 24.2. The van der Waals surface area contributed by atoms with Crippen molar-refractivity contribution < 1.29 is 38.1 Å². The molecule has 0 spiro atoms. The van der Waals surface area contributed by atoms with Gasteiger partial charge in [0, 0.05) is 26.2 Å². The van der Waals surface area contributed by atoms with E-state index in [0.29, 0.717) is 64.1 Å². The molecule has 12 nitrogen and oxygen atoms in total. The Kier molecular flexibility index (Phi) is 37.8. The lowest BCUT2D eigenvalue weighted by molar-refractivity contribution is -0.147. The Hall–Kier alpha value is -2.60.